The molecule has 4 nitrogen and oxygen atoms in total. The van der Waals surface area contributed by atoms with Crippen LogP contribution in [0.1, 0.15) is 24.0 Å². The van der Waals surface area contributed by atoms with Gasteiger partial charge < -0.3 is 5.73 Å². The van der Waals surface area contributed by atoms with Crippen molar-refractivity contribution in [3.63, 3.8) is 0 Å². The van der Waals surface area contributed by atoms with Crippen LogP contribution >= 0.6 is 11.6 Å². The number of nitrogens with zero attached hydrogens (tertiary/aromatic N) is 1. The van der Waals surface area contributed by atoms with Crippen LogP contribution in [0.15, 0.2) is 53.4 Å². The maximum absolute atomic E-state index is 12.9. The van der Waals surface area contributed by atoms with Gasteiger partial charge in [-0.2, -0.15) is 5.26 Å². The Morgan fingerprint density at radius 3 is 2.25 bits per heavy atom. The van der Waals surface area contributed by atoms with Crippen LogP contribution in [0.5, 0.6) is 0 Å². The Hall–Kier alpha value is -1.87. The smallest absolute Gasteiger partial charge is 0.184 e. The molecule has 124 valence electrons. The minimum atomic E-state index is -3.72. The van der Waals surface area contributed by atoms with E-state index in [9.17, 15) is 13.7 Å². The van der Waals surface area contributed by atoms with Crippen molar-refractivity contribution in [3.05, 3.63) is 64.7 Å². The molecule has 2 aromatic rings. The van der Waals surface area contributed by atoms with Gasteiger partial charge in [0.25, 0.3) is 0 Å². The zero-order valence-electron chi connectivity index (χ0n) is 13.1. The molecule has 0 aromatic heterocycles. The molecule has 0 saturated heterocycles. The van der Waals surface area contributed by atoms with Crippen molar-refractivity contribution < 1.29 is 8.42 Å². The Morgan fingerprint density at radius 1 is 1.17 bits per heavy atom. The SMILES string of the molecule is CCc1ccc(C2C(S(=O)(=O)c3ccc(Cl)cc3)C2(N)C#N)cc1. The summed E-state index contributed by atoms with van der Waals surface area (Å²) in [5, 5.41) is 8.96. The lowest BCUT2D eigenvalue weighted by molar-refractivity contribution is 0.592. The topological polar surface area (TPSA) is 83.9 Å². The van der Waals surface area contributed by atoms with E-state index in [4.69, 9.17) is 17.3 Å². The zero-order chi connectivity index (χ0) is 17.5. The molecule has 0 heterocycles. The number of halogens is 1. The van der Waals surface area contributed by atoms with Crippen LogP contribution < -0.4 is 5.73 Å². The lowest BCUT2D eigenvalue weighted by Gasteiger charge is -2.05. The first kappa shape index (κ1) is 17.0. The van der Waals surface area contributed by atoms with Gasteiger partial charge in [0.15, 0.2) is 9.84 Å². The molecule has 0 aliphatic heterocycles. The van der Waals surface area contributed by atoms with Gasteiger partial charge in [-0.1, -0.05) is 42.8 Å². The van der Waals surface area contributed by atoms with Crippen molar-refractivity contribution in [2.45, 2.75) is 34.9 Å². The van der Waals surface area contributed by atoms with Crippen molar-refractivity contribution in [3.8, 4) is 6.07 Å². The normalized spacial score (nSPS) is 25.9. The largest absolute Gasteiger partial charge is 0.312 e. The summed E-state index contributed by atoms with van der Waals surface area (Å²) in [6.07, 6.45) is 0.892. The van der Waals surface area contributed by atoms with E-state index >= 15 is 0 Å². The van der Waals surface area contributed by atoms with Gasteiger partial charge in [-0.3, -0.25) is 0 Å². The minimum absolute atomic E-state index is 0.134. The van der Waals surface area contributed by atoms with Gasteiger partial charge in [-0.05, 0) is 41.8 Å². The highest BCUT2D eigenvalue weighted by atomic mass is 35.5. The van der Waals surface area contributed by atoms with E-state index in [1.807, 2.05) is 37.3 Å². The first-order valence-electron chi connectivity index (χ1n) is 7.63. The highest BCUT2D eigenvalue weighted by molar-refractivity contribution is 7.92. The van der Waals surface area contributed by atoms with E-state index in [-0.39, 0.29) is 4.90 Å². The van der Waals surface area contributed by atoms with E-state index in [0.29, 0.717) is 5.02 Å². The summed E-state index contributed by atoms with van der Waals surface area (Å²) in [5.74, 6) is -0.533. The summed E-state index contributed by atoms with van der Waals surface area (Å²) in [5.41, 5.74) is 6.64. The predicted octanol–water partition coefficient (Wildman–Crippen LogP) is 3.06. The van der Waals surface area contributed by atoms with Gasteiger partial charge >= 0.3 is 0 Å². The van der Waals surface area contributed by atoms with E-state index in [2.05, 4.69) is 0 Å². The lowest BCUT2D eigenvalue weighted by Crippen LogP contribution is -2.29. The number of hydrogen-bond donors (Lipinski definition) is 1. The van der Waals surface area contributed by atoms with Gasteiger partial charge in [0.2, 0.25) is 0 Å². The Balaban J connectivity index is 2.00. The minimum Gasteiger partial charge on any atom is -0.312 e. The molecule has 3 unspecified atom stereocenters. The Kier molecular flexibility index (Phi) is 4.16. The molecule has 1 fully saturated rings. The Bertz CT molecular complexity index is 902. The summed E-state index contributed by atoms with van der Waals surface area (Å²) in [6.45, 7) is 2.04. The molecule has 1 aliphatic carbocycles. The summed E-state index contributed by atoms with van der Waals surface area (Å²) >= 11 is 5.82. The summed E-state index contributed by atoms with van der Waals surface area (Å²) in [4.78, 5) is 0.134. The third kappa shape index (κ3) is 2.61. The number of nitriles is 1. The molecule has 0 bridgehead atoms. The number of aryl methyl sites for hydroxylation is 1. The number of nitrogens with two attached hydrogens (primary N) is 1. The molecule has 1 aliphatic rings. The molecule has 24 heavy (non-hydrogen) atoms. The van der Waals surface area contributed by atoms with Crippen LogP contribution in [0.2, 0.25) is 5.02 Å². The molecular formula is C18H17ClN2O2S. The van der Waals surface area contributed by atoms with Gasteiger partial charge in [0.1, 0.15) is 10.8 Å². The van der Waals surface area contributed by atoms with Crippen LogP contribution in [0.3, 0.4) is 0 Å². The molecule has 0 spiro atoms. The van der Waals surface area contributed by atoms with Gasteiger partial charge in [-0.25, -0.2) is 8.42 Å². The standard InChI is InChI=1S/C18H17ClN2O2S/c1-2-12-3-5-13(6-4-12)16-17(18(16,21)11-20)24(22,23)15-9-7-14(19)8-10-15/h3-10,16-17H,2,21H2,1H3. The van der Waals surface area contributed by atoms with Crippen molar-refractivity contribution in [1.82, 2.24) is 0 Å². The van der Waals surface area contributed by atoms with Crippen LogP contribution in [0, 0.1) is 11.3 Å². The van der Waals surface area contributed by atoms with E-state index in [0.717, 1.165) is 17.5 Å². The fourth-order valence-corrected chi connectivity index (χ4v) is 5.43. The Labute approximate surface area is 146 Å². The summed E-state index contributed by atoms with van der Waals surface area (Å²) in [7, 11) is -3.72. The number of rotatable bonds is 4. The molecule has 2 N–H and O–H groups in total. The number of benzene rings is 2. The van der Waals surface area contributed by atoms with Gasteiger partial charge in [-0.15, -0.1) is 0 Å². The average Bonchev–Trinajstić information content (AvgIpc) is 3.23. The quantitative estimate of drug-likeness (QED) is 0.908. The second kappa shape index (κ2) is 5.89. The first-order chi connectivity index (χ1) is 11.3. The molecule has 6 heteroatoms. The van der Waals surface area contributed by atoms with Crippen LogP contribution in [-0.2, 0) is 16.3 Å². The molecule has 1 saturated carbocycles. The summed E-state index contributed by atoms with van der Waals surface area (Å²) < 4.78 is 25.8. The fourth-order valence-electron chi connectivity index (χ4n) is 3.13. The molecule has 3 rings (SSSR count). The van der Waals surface area contributed by atoms with E-state index < -0.39 is 26.5 Å². The molecule has 2 aromatic carbocycles. The van der Waals surface area contributed by atoms with Gasteiger partial charge in [0.05, 0.1) is 11.0 Å². The third-order valence-electron chi connectivity index (χ3n) is 4.60. The van der Waals surface area contributed by atoms with Crippen LogP contribution in [0.25, 0.3) is 0 Å². The van der Waals surface area contributed by atoms with Crippen LogP contribution in [-0.4, -0.2) is 19.2 Å². The first-order valence-corrected chi connectivity index (χ1v) is 9.55. The number of hydrogen-bond acceptors (Lipinski definition) is 4. The van der Waals surface area contributed by atoms with E-state index in [1.165, 1.54) is 24.3 Å². The zero-order valence-corrected chi connectivity index (χ0v) is 14.7. The van der Waals surface area contributed by atoms with Crippen LogP contribution in [0.4, 0.5) is 0 Å². The maximum atomic E-state index is 12.9. The van der Waals surface area contributed by atoms with Crippen molar-refractivity contribution in [1.29, 1.82) is 5.26 Å². The van der Waals surface area contributed by atoms with E-state index in [1.54, 1.807) is 0 Å². The monoisotopic (exact) mass is 360 g/mol. The lowest BCUT2D eigenvalue weighted by atomic mass is 10.0. The van der Waals surface area contributed by atoms with Gasteiger partial charge in [0, 0.05) is 10.9 Å². The maximum Gasteiger partial charge on any atom is 0.184 e. The molecule has 0 radical (unpaired) electrons. The second-order valence-electron chi connectivity index (χ2n) is 6.04. The second-order valence-corrected chi connectivity index (χ2v) is 8.54. The van der Waals surface area contributed by atoms with Crippen molar-refractivity contribution in [2.75, 3.05) is 0 Å². The highest BCUT2D eigenvalue weighted by Gasteiger charge is 2.70. The molecule has 0 amide bonds. The fraction of sp³-hybridized carbons (Fsp3) is 0.278. The third-order valence-corrected chi connectivity index (χ3v) is 7.11. The van der Waals surface area contributed by atoms with Crippen molar-refractivity contribution >= 4 is 21.4 Å². The number of sulfone groups is 1. The molecule has 3 atom stereocenters. The highest BCUT2D eigenvalue weighted by Crippen LogP contribution is 2.55. The average molecular weight is 361 g/mol. The summed E-state index contributed by atoms with van der Waals surface area (Å²) in [6, 6.07) is 15.5. The molecular weight excluding hydrogens is 344 g/mol. The predicted molar refractivity (Wildman–Crippen MR) is 93.5 cm³/mol. The Morgan fingerprint density at radius 2 is 1.75 bits per heavy atom. The van der Waals surface area contributed by atoms with Crippen molar-refractivity contribution in [2.24, 2.45) is 5.73 Å².